The number of hydrogen-bond acceptors (Lipinski definition) is 3. The summed E-state index contributed by atoms with van der Waals surface area (Å²) in [5.74, 6) is 0.469. The van der Waals surface area contributed by atoms with E-state index in [4.69, 9.17) is 0 Å². The average Bonchev–Trinajstić information content (AvgIpc) is 2.83. The van der Waals surface area contributed by atoms with Gasteiger partial charge in [-0.05, 0) is 18.2 Å². The van der Waals surface area contributed by atoms with Gasteiger partial charge in [-0.1, -0.05) is 18.2 Å². The number of rotatable bonds is 6. The molecule has 0 radical (unpaired) electrons. The van der Waals surface area contributed by atoms with Gasteiger partial charge in [0.2, 0.25) is 0 Å². The third-order valence-electron chi connectivity index (χ3n) is 2.67. The normalized spacial score (nSPS) is 12.5. The monoisotopic (exact) mass is 297 g/mol. The van der Waals surface area contributed by atoms with Crippen LogP contribution in [0.25, 0.3) is 10.4 Å². The van der Waals surface area contributed by atoms with E-state index < -0.39 is 10.8 Å². The highest BCUT2D eigenvalue weighted by atomic mass is 32.2. The molecule has 0 aliphatic heterocycles. The fourth-order valence-corrected chi connectivity index (χ4v) is 3.14. The predicted molar refractivity (Wildman–Crippen MR) is 80.4 cm³/mol. The zero-order valence-electron chi connectivity index (χ0n) is 10.7. The first kappa shape index (κ1) is 14.4. The molecule has 19 heavy (non-hydrogen) atoms. The average molecular weight is 297 g/mol. The van der Waals surface area contributed by atoms with Crippen LogP contribution in [0.2, 0.25) is 0 Å². The largest absolute Gasteiger partial charge is 0.311 e. The molecular weight excluding hydrogens is 281 g/mol. The van der Waals surface area contributed by atoms with Crippen LogP contribution in [0.4, 0.5) is 4.39 Å². The summed E-state index contributed by atoms with van der Waals surface area (Å²) < 4.78 is 24.6. The van der Waals surface area contributed by atoms with E-state index in [2.05, 4.69) is 5.32 Å². The Morgan fingerprint density at radius 2 is 2.05 bits per heavy atom. The highest BCUT2D eigenvalue weighted by molar-refractivity contribution is 7.84. The Morgan fingerprint density at radius 1 is 1.26 bits per heavy atom. The van der Waals surface area contributed by atoms with Crippen molar-refractivity contribution in [2.75, 3.05) is 18.6 Å². The molecule has 1 unspecified atom stereocenters. The first-order valence-electron chi connectivity index (χ1n) is 6.01. The summed E-state index contributed by atoms with van der Waals surface area (Å²) >= 11 is 1.58. The fraction of sp³-hybridized carbons (Fsp3) is 0.286. The summed E-state index contributed by atoms with van der Waals surface area (Å²) in [5.41, 5.74) is 0.647. The molecule has 0 bridgehead atoms. The summed E-state index contributed by atoms with van der Waals surface area (Å²) in [6, 6.07) is 10.7. The lowest BCUT2D eigenvalue weighted by Crippen LogP contribution is -2.18. The van der Waals surface area contributed by atoms with Gasteiger partial charge < -0.3 is 5.32 Å². The van der Waals surface area contributed by atoms with Gasteiger partial charge in [0, 0.05) is 51.2 Å². The molecular formula is C14H16FNOS2. The maximum absolute atomic E-state index is 13.6. The minimum Gasteiger partial charge on any atom is -0.311 e. The molecule has 1 N–H and O–H groups in total. The Labute approximate surface area is 119 Å². The van der Waals surface area contributed by atoms with Gasteiger partial charge >= 0.3 is 0 Å². The van der Waals surface area contributed by atoms with Crippen molar-refractivity contribution in [3.63, 3.8) is 0 Å². The van der Waals surface area contributed by atoms with E-state index in [1.165, 1.54) is 6.07 Å². The molecule has 1 heterocycles. The van der Waals surface area contributed by atoms with Crippen molar-refractivity contribution in [2.24, 2.45) is 0 Å². The van der Waals surface area contributed by atoms with E-state index in [9.17, 15) is 8.60 Å². The summed E-state index contributed by atoms with van der Waals surface area (Å²) in [7, 11) is -0.760. The predicted octanol–water partition coefficient (Wildman–Crippen LogP) is 3.02. The smallest absolute Gasteiger partial charge is 0.131 e. The van der Waals surface area contributed by atoms with Crippen LogP contribution in [0, 0.1) is 5.82 Å². The van der Waals surface area contributed by atoms with Crippen LogP contribution in [-0.2, 0) is 17.3 Å². The second-order valence-corrected chi connectivity index (χ2v) is 6.92. The Kier molecular flexibility index (Phi) is 5.24. The summed E-state index contributed by atoms with van der Waals surface area (Å²) in [5, 5.41) is 3.24. The lowest BCUT2D eigenvalue weighted by molar-refractivity contribution is 0.631. The molecule has 0 spiro atoms. The summed E-state index contributed by atoms with van der Waals surface area (Å²) in [6.07, 6.45) is 1.70. The molecule has 1 atom stereocenters. The van der Waals surface area contributed by atoms with Gasteiger partial charge in [-0.15, -0.1) is 11.3 Å². The first-order chi connectivity index (χ1) is 9.16. The third-order valence-corrected chi connectivity index (χ3v) is 4.56. The third kappa shape index (κ3) is 4.23. The van der Waals surface area contributed by atoms with Crippen LogP contribution in [0.3, 0.4) is 0 Å². The van der Waals surface area contributed by atoms with Crippen molar-refractivity contribution in [1.29, 1.82) is 0 Å². The fourth-order valence-electron chi connectivity index (χ4n) is 1.71. The van der Waals surface area contributed by atoms with E-state index >= 15 is 0 Å². The number of hydrogen-bond donors (Lipinski definition) is 1. The Bertz CT molecular complexity index is 568. The molecule has 0 aliphatic rings. The van der Waals surface area contributed by atoms with E-state index in [1.54, 1.807) is 29.7 Å². The molecule has 1 aromatic carbocycles. The molecule has 0 amide bonds. The highest BCUT2D eigenvalue weighted by Gasteiger charge is 2.07. The zero-order chi connectivity index (χ0) is 13.7. The van der Waals surface area contributed by atoms with Crippen molar-refractivity contribution < 1.29 is 8.60 Å². The van der Waals surface area contributed by atoms with Crippen molar-refractivity contribution in [2.45, 2.75) is 6.54 Å². The molecule has 0 saturated carbocycles. The molecule has 0 fully saturated rings. The van der Waals surface area contributed by atoms with Crippen LogP contribution in [0.1, 0.15) is 4.88 Å². The molecule has 2 rings (SSSR count). The second-order valence-electron chi connectivity index (χ2n) is 4.20. The first-order valence-corrected chi connectivity index (χ1v) is 8.55. The molecule has 2 nitrogen and oxygen atoms in total. The van der Waals surface area contributed by atoms with Gasteiger partial charge in [-0.25, -0.2) is 4.39 Å². The van der Waals surface area contributed by atoms with Crippen molar-refractivity contribution in [3.8, 4) is 10.4 Å². The van der Waals surface area contributed by atoms with E-state index in [1.807, 2.05) is 18.2 Å². The quantitative estimate of drug-likeness (QED) is 0.830. The topological polar surface area (TPSA) is 29.1 Å². The molecule has 0 aliphatic carbocycles. The molecule has 0 saturated heterocycles. The Hall–Kier alpha value is -1.04. The van der Waals surface area contributed by atoms with Crippen molar-refractivity contribution >= 4 is 22.1 Å². The molecule has 5 heteroatoms. The Morgan fingerprint density at radius 3 is 2.79 bits per heavy atom. The SMILES string of the molecule is CS(=O)CCNCc1ccc(-c2ccccc2F)s1. The van der Waals surface area contributed by atoms with Crippen LogP contribution in [0.15, 0.2) is 36.4 Å². The number of thiophene rings is 1. The van der Waals surface area contributed by atoms with E-state index in [-0.39, 0.29) is 5.82 Å². The molecule has 2 aromatic rings. The number of halogens is 1. The van der Waals surface area contributed by atoms with E-state index in [0.29, 0.717) is 11.3 Å². The van der Waals surface area contributed by atoms with Crippen LogP contribution >= 0.6 is 11.3 Å². The maximum atomic E-state index is 13.6. The van der Waals surface area contributed by atoms with Crippen molar-refractivity contribution in [3.05, 3.63) is 47.1 Å². The number of nitrogens with one attached hydrogen (secondary N) is 1. The Balaban J connectivity index is 1.96. The second kappa shape index (κ2) is 6.93. The molecule has 102 valence electrons. The van der Waals surface area contributed by atoms with Crippen LogP contribution < -0.4 is 5.32 Å². The van der Waals surface area contributed by atoms with Gasteiger partial charge in [-0.2, -0.15) is 0 Å². The van der Waals surface area contributed by atoms with Crippen molar-refractivity contribution in [1.82, 2.24) is 5.32 Å². The lowest BCUT2D eigenvalue weighted by Gasteiger charge is -2.01. The minimum absolute atomic E-state index is 0.190. The van der Waals surface area contributed by atoms with Crippen LogP contribution in [-0.4, -0.2) is 22.8 Å². The van der Waals surface area contributed by atoms with Gasteiger partial charge in [0.25, 0.3) is 0 Å². The lowest BCUT2D eigenvalue weighted by atomic mass is 10.2. The van der Waals surface area contributed by atoms with Gasteiger partial charge in [0.05, 0.1) is 0 Å². The number of benzene rings is 1. The zero-order valence-corrected chi connectivity index (χ0v) is 12.3. The standard InChI is InChI=1S/C14H16FNOS2/c1-19(17)9-8-16-10-11-6-7-14(18-11)12-4-2-3-5-13(12)15/h2-7,16H,8-10H2,1H3. The maximum Gasteiger partial charge on any atom is 0.131 e. The van der Waals surface area contributed by atoms with Gasteiger partial charge in [0.15, 0.2) is 0 Å². The van der Waals surface area contributed by atoms with Crippen LogP contribution in [0.5, 0.6) is 0 Å². The molecule has 1 aromatic heterocycles. The van der Waals surface area contributed by atoms with Gasteiger partial charge in [0.1, 0.15) is 5.82 Å². The summed E-state index contributed by atoms with van der Waals surface area (Å²) in [4.78, 5) is 2.09. The highest BCUT2D eigenvalue weighted by Crippen LogP contribution is 2.29. The summed E-state index contributed by atoms with van der Waals surface area (Å²) in [6.45, 7) is 1.46. The van der Waals surface area contributed by atoms with Gasteiger partial charge in [-0.3, -0.25) is 4.21 Å². The van der Waals surface area contributed by atoms with E-state index in [0.717, 1.165) is 22.8 Å². The minimum atomic E-state index is -0.760.